The number of methoxy groups -OCH3 is 1. The summed E-state index contributed by atoms with van der Waals surface area (Å²) in [7, 11) is 5.54. The molecule has 31 heavy (non-hydrogen) atoms. The summed E-state index contributed by atoms with van der Waals surface area (Å²) in [4.78, 5) is 28.1. The van der Waals surface area contributed by atoms with E-state index in [2.05, 4.69) is 16.6 Å². The number of carboxylic acid groups (broad SMARTS) is 1. The van der Waals surface area contributed by atoms with Crippen molar-refractivity contribution in [2.75, 3.05) is 39.2 Å². The molecular formula is C22H28FN3O5. The van der Waals surface area contributed by atoms with E-state index >= 15 is 4.39 Å². The van der Waals surface area contributed by atoms with Gasteiger partial charge in [-0.05, 0) is 52.3 Å². The average Bonchev–Trinajstić information content (AvgIpc) is 3.45. The van der Waals surface area contributed by atoms with Crippen molar-refractivity contribution in [3.05, 3.63) is 28.3 Å². The summed E-state index contributed by atoms with van der Waals surface area (Å²) < 4.78 is 27.6. The van der Waals surface area contributed by atoms with Crippen molar-refractivity contribution in [2.24, 2.45) is 5.92 Å². The Morgan fingerprint density at radius 3 is 2.61 bits per heavy atom. The quantitative estimate of drug-likeness (QED) is 0.700. The highest BCUT2D eigenvalue weighted by molar-refractivity contribution is 5.92. The van der Waals surface area contributed by atoms with Gasteiger partial charge in [0.2, 0.25) is 5.43 Å². The van der Waals surface area contributed by atoms with Crippen LogP contribution in [-0.2, 0) is 0 Å². The number of hydrogen-bond acceptors (Lipinski definition) is 6. The highest BCUT2D eigenvalue weighted by atomic mass is 19.1. The Bertz CT molecular complexity index is 1080. The molecule has 1 aliphatic carbocycles. The predicted molar refractivity (Wildman–Crippen MR) is 115 cm³/mol. The van der Waals surface area contributed by atoms with E-state index in [-0.39, 0.29) is 17.2 Å². The molecule has 0 bridgehead atoms. The van der Waals surface area contributed by atoms with Gasteiger partial charge in [-0.3, -0.25) is 4.79 Å². The van der Waals surface area contributed by atoms with E-state index in [0.29, 0.717) is 42.0 Å². The standard InChI is InChI=1S/C22H28FN3O5/c1-12(24(2)3)13-7-8-25(10-13)19-16(23)9-15-18(21(19)30-4)26(14-5-6-14)11-17(20(15)27)31-22(28)29/h9,11-14H,5-8,10H2,1-4H3,(H,28,29)/t12-,13-/m1/s1. The second-order valence-electron chi connectivity index (χ2n) is 8.66. The molecular weight excluding hydrogens is 405 g/mol. The first-order valence-electron chi connectivity index (χ1n) is 10.5. The lowest BCUT2D eigenvalue weighted by molar-refractivity contribution is 0.143. The Balaban J connectivity index is 1.87. The van der Waals surface area contributed by atoms with E-state index in [9.17, 15) is 9.59 Å². The highest BCUT2D eigenvalue weighted by Gasteiger charge is 2.34. The smallest absolute Gasteiger partial charge is 0.492 e. The van der Waals surface area contributed by atoms with Crippen LogP contribution in [0.3, 0.4) is 0 Å². The van der Waals surface area contributed by atoms with E-state index in [1.807, 2.05) is 19.0 Å². The number of halogens is 1. The second-order valence-corrected chi connectivity index (χ2v) is 8.66. The second kappa shape index (κ2) is 8.03. The number of pyridine rings is 1. The normalized spacial score (nSPS) is 19.8. The molecule has 1 saturated carbocycles. The minimum Gasteiger partial charge on any atom is -0.492 e. The van der Waals surface area contributed by atoms with Gasteiger partial charge in [-0.2, -0.15) is 0 Å². The van der Waals surface area contributed by atoms with Gasteiger partial charge in [0.25, 0.3) is 0 Å². The average molecular weight is 433 g/mol. The highest BCUT2D eigenvalue weighted by Crippen LogP contribution is 2.45. The van der Waals surface area contributed by atoms with Gasteiger partial charge in [0.15, 0.2) is 17.3 Å². The molecule has 2 atom stereocenters. The number of nitrogens with zero attached hydrogens (tertiary/aromatic N) is 3. The monoisotopic (exact) mass is 433 g/mol. The third-order valence-electron chi connectivity index (χ3n) is 6.54. The first-order valence-corrected chi connectivity index (χ1v) is 10.5. The zero-order valence-electron chi connectivity index (χ0n) is 18.2. The van der Waals surface area contributed by atoms with Crippen LogP contribution in [0, 0.1) is 11.7 Å². The van der Waals surface area contributed by atoms with Crippen LogP contribution in [0.1, 0.15) is 32.2 Å². The van der Waals surface area contributed by atoms with Crippen LogP contribution in [0.2, 0.25) is 0 Å². The topological polar surface area (TPSA) is 84.2 Å². The molecule has 2 aromatic rings. The lowest BCUT2D eigenvalue weighted by Crippen LogP contribution is -2.34. The largest absolute Gasteiger partial charge is 0.511 e. The molecule has 4 rings (SSSR count). The summed E-state index contributed by atoms with van der Waals surface area (Å²) in [5, 5.41) is 9.04. The van der Waals surface area contributed by atoms with Crippen molar-refractivity contribution in [1.82, 2.24) is 9.47 Å². The Morgan fingerprint density at radius 1 is 1.32 bits per heavy atom. The molecule has 1 aromatic heterocycles. The van der Waals surface area contributed by atoms with Crippen molar-refractivity contribution in [3.63, 3.8) is 0 Å². The van der Waals surface area contributed by atoms with Crippen LogP contribution < -0.4 is 19.8 Å². The summed E-state index contributed by atoms with van der Waals surface area (Å²) >= 11 is 0. The number of carbonyl (C=O) groups is 1. The van der Waals surface area contributed by atoms with E-state index in [1.165, 1.54) is 19.4 Å². The van der Waals surface area contributed by atoms with Gasteiger partial charge in [0, 0.05) is 25.2 Å². The number of hydrogen-bond donors (Lipinski definition) is 1. The minimum absolute atomic E-state index is 0.0566. The lowest BCUT2D eigenvalue weighted by atomic mass is 10.00. The van der Waals surface area contributed by atoms with Crippen LogP contribution in [0.5, 0.6) is 11.5 Å². The first kappa shape index (κ1) is 21.4. The maximum absolute atomic E-state index is 15.4. The van der Waals surface area contributed by atoms with E-state index in [1.54, 1.807) is 4.57 Å². The van der Waals surface area contributed by atoms with Gasteiger partial charge in [-0.25, -0.2) is 9.18 Å². The number of rotatable bonds is 6. The molecule has 2 aliphatic rings. The van der Waals surface area contributed by atoms with E-state index in [0.717, 1.165) is 19.3 Å². The molecule has 1 N–H and O–H groups in total. The summed E-state index contributed by atoms with van der Waals surface area (Å²) in [6.45, 7) is 3.54. The Hall–Kier alpha value is -2.81. The Morgan fingerprint density at radius 2 is 2.03 bits per heavy atom. The van der Waals surface area contributed by atoms with Crippen LogP contribution in [0.15, 0.2) is 17.1 Å². The first-order chi connectivity index (χ1) is 14.7. The zero-order valence-corrected chi connectivity index (χ0v) is 18.2. The molecule has 2 fully saturated rings. The lowest BCUT2D eigenvalue weighted by Gasteiger charge is -2.28. The molecule has 1 aliphatic heterocycles. The van der Waals surface area contributed by atoms with Crippen molar-refractivity contribution < 1.29 is 23.8 Å². The molecule has 9 heteroatoms. The number of aromatic nitrogens is 1. The van der Waals surface area contributed by atoms with Crippen LogP contribution in [0.4, 0.5) is 14.9 Å². The van der Waals surface area contributed by atoms with Crippen LogP contribution in [-0.4, -0.2) is 61.1 Å². The van der Waals surface area contributed by atoms with Gasteiger partial charge in [-0.15, -0.1) is 0 Å². The molecule has 8 nitrogen and oxygen atoms in total. The molecule has 0 spiro atoms. The Labute approximate surface area is 179 Å². The number of ether oxygens (including phenoxy) is 2. The SMILES string of the molecule is COc1c(N2CC[C@@H]([C@@H](C)N(C)C)C2)c(F)cc2c(=O)c(OC(=O)O)cn(C3CC3)c12. The van der Waals surface area contributed by atoms with Crippen LogP contribution >= 0.6 is 0 Å². The molecule has 1 aromatic carbocycles. The third-order valence-corrected chi connectivity index (χ3v) is 6.54. The summed E-state index contributed by atoms with van der Waals surface area (Å²) in [5.74, 6) is -0.206. The summed E-state index contributed by atoms with van der Waals surface area (Å²) in [6, 6.07) is 1.62. The van der Waals surface area contributed by atoms with Gasteiger partial charge in [0.1, 0.15) is 5.69 Å². The van der Waals surface area contributed by atoms with Gasteiger partial charge in [0.05, 0.1) is 24.2 Å². The maximum Gasteiger partial charge on any atom is 0.511 e. The molecule has 1 saturated heterocycles. The number of fused-ring (bicyclic) bond motifs is 1. The van der Waals surface area contributed by atoms with Gasteiger partial charge < -0.3 is 28.9 Å². The Kier molecular flexibility index (Phi) is 5.55. The number of benzene rings is 1. The molecule has 2 heterocycles. The fraction of sp³-hybridized carbons (Fsp3) is 0.545. The van der Waals surface area contributed by atoms with Crippen molar-refractivity contribution in [1.29, 1.82) is 0 Å². The summed E-state index contributed by atoms with van der Waals surface area (Å²) in [6.07, 6.45) is 2.52. The zero-order chi connectivity index (χ0) is 22.4. The van der Waals surface area contributed by atoms with Crippen molar-refractivity contribution >= 4 is 22.7 Å². The van der Waals surface area contributed by atoms with Crippen molar-refractivity contribution in [3.8, 4) is 11.5 Å². The molecule has 0 unspecified atom stereocenters. The van der Waals surface area contributed by atoms with Crippen molar-refractivity contribution in [2.45, 2.75) is 38.3 Å². The third kappa shape index (κ3) is 3.82. The molecule has 0 amide bonds. The van der Waals surface area contributed by atoms with E-state index in [4.69, 9.17) is 9.84 Å². The molecule has 168 valence electrons. The predicted octanol–water partition coefficient (Wildman–Crippen LogP) is 3.32. The van der Waals surface area contributed by atoms with Crippen LogP contribution in [0.25, 0.3) is 10.9 Å². The van der Waals surface area contributed by atoms with Gasteiger partial charge in [-0.1, -0.05) is 0 Å². The summed E-state index contributed by atoms with van der Waals surface area (Å²) in [5.41, 5.74) is 0.163. The molecule has 0 radical (unpaired) electrons. The fourth-order valence-corrected chi connectivity index (χ4v) is 4.52. The van der Waals surface area contributed by atoms with Gasteiger partial charge >= 0.3 is 6.16 Å². The maximum atomic E-state index is 15.4. The fourth-order valence-electron chi connectivity index (χ4n) is 4.52. The minimum atomic E-state index is -1.58. The number of anilines is 1. The van der Waals surface area contributed by atoms with E-state index < -0.39 is 17.4 Å².